The van der Waals surface area contributed by atoms with Gasteiger partial charge in [-0.2, -0.15) is 9.97 Å². The van der Waals surface area contributed by atoms with Crippen molar-refractivity contribution in [1.82, 2.24) is 34.0 Å². The Bertz CT molecular complexity index is 1530. The molecule has 2 fully saturated rings. The van der Waals surface area contributed by atoms with Crippen LogP contribution in [0.25, 0.3) is 28.1 Å². The molecule has 204 valence electrons. The van der Waals surface area contributed by atoms with Gasteiger partial charge in [-0.05, 0) is 12.1 Å². The highest BCUT2D eigenvalue weighted by molar-refractivity contribution is 5.86. The molecule has 1 amide bonds. The van der Waals surface area contributed by atoms with E-state index in [-0.39, 0.29) is 5.91 Å². The Morgan fingerprint density at radius 3 is 2.51 bits per heavy atom. The van der Waals surface area contributed by atoms with Gasteiger partial charge in [0, 0.05) is 33.7 Å². The molecule has 0 aliphatic carbocycles. The average Bonchev–Trinajstić information content (AvgIpc) is 3.51. The second-order valence-electron chi connectivity index (χ2n) is 9.43. The second-order valence-corrected chi connectivity index (χ2v) is 9.43. The maximum atomic E-state index is 12.0. The first-order chi connectivity index (χ1) is 19.0. The summed E-state index contributed by atoms with van der Waals surface area (Å²) < 4.78 is 15.5. The van der Waals surface area contributed by atoms with Crippen LogP contribution in [0.1, 0.15) is 18.6 Å². The third kappa shape index (κ3) is 4.28. The van der Waals surface area contributed by atoms with Crippen molar-refractivity contribution in [3.63, 3.8) is 0 Å². The minimum Gasteiger partial charge on any atom is -0.387 e. The van der Waals surface area contributed by atoms with Crippen molar-refractivity contribution >= 4 is 33.9 Å². The van der Waals surface area contributed by atoms with Crippen LogP contribution in [-0.4, -0.2) is 98.1 Å². The third-order valence-corrected chi connectivity index (χ3v) is 7.32. The lowest BCUT2D eigenvalue weighted by Crippen LogP contribution is -2.63. The van der Waals surface area contributed by atoms with E-state index in [1.807, 2.05) is 40.4 Å². The highest BCUT2D eigenvalue weighted by Crippen LogP contribution is 2.37. The third-order valence-electron chi connectivity index (χ3n) is 7.32. The Balaban J connectivity index is 0.00000151. The highest BCUT2D eigenvalue weighted by Gasteiger charge is 2.50. The number of para-hydroxylation sites is 2. The largest absolute Gasteiger partial charge is 0.387 e. The number of morpholine rings is 1. The van der Waals surface area contributed by atoms with E-state index in [9.17, 15) is 9.90 Å². The van der Waals surface area contributed by atoms with E-state index in [4.69, 9.17) is 29.4 Å². The molecular formula is C27H32N8O4. The van der Waals surface area contributed by atoms with Gasteiger partial charge in [-0.15, -0.1) is 12.8 Å². The Kier molecular flexibility index (Phi) is 7.22. The maximum absolute atomic E-state index is 12.0. The zero-order valence-corrected chi connectivity index (χ0v) is 22.4. The van der Waals surface area contributed by atoms with Crippen LogP contribution in [0.2, 0.25) is 0 Å². The summed E-state index contributed by atoms with van der Waals surface area (Å²) in [4.78, 5) is 35.7. The molecular weight excluding hydrogens is 500 g/mol. The summed E-state index contributed by atoms with van der Waals surface area (Å²) in [5.41, 5.74) is 2.39. The summed E-state index contributed by atoms with van der Waals surface area (Å²) in [6.07, 6.45) is 8.72. The molecule has 2 aliphatic rings. The van der Waals surface area contributed by atoms with E-state index in [0.29, 0.717) is 62.3 Å². The van der Waals surface area contributed by atoms with Gasteiger partial charge in [0.25, 0.3) is 0 Å². The number of rotatable bonds is 6. The first-order valence-electron chi connectivity index (χ1n) is 12.8. The molecule has 0 spiro atoms. The van der Waals surface area contributed by atoms with E-state index in [2.05, 4.69) is 24.7 Å². The van der Waals surface area contributed by atoms with Gasteiger partial charge in [0.15, 0.2) is 22.6 Å². The van der Waals surface area contributed by atoms with E-state index in [0.717, 1.165) is 29.1 Å². The fourth-order valence-corrected chi connectivity index (χ4v) is 5.28. The zero-order valence-electron chi connectivity index (χ0n) is 22.4. The topological polar surface area (TPSA) is 124 Å². The number of aliphatic hydroxyl groups is 1. The predicted molar refractivity (Wildman–Crippen MR) is 146 cm³/mol. The van der Waals surface area contributed by atoms with Crippen LogP contribution < -0.4 is 4.90 Å². The number of aliphatic hydroxyl groups excluding tert-OH is 1. The predicted octanol–water partition coefficient (Wildman–Crippen LogP) is 1.03. The van der Waals surface area contributed by atoms with Crippen molar-refractivity contribution in [2.45, 2.75) is 18.9 Å². The van der Waals surface area contributed by atoms with Crippen LogP contribution >= 0.6 is 0 Å². The number of fused-ring (bicyclic) bond motifs is 2. The molecule has 39 heavy (non-hydrogen) atoms. The Labute approximate surface area is 226 Å². The van der Waals surface area contributed by atoms with Crippen molar-refractivity contribution in [2.75, 3.05) is 58.0 Å². The number of amides is 1. The summed E-state index contributed by atoms with van der Waals surface area (Å²) in [5, 5.41) is 9.28. The quantitative estimate of drug-likeness (QED) is 0.363. The number of anilines is 1. The lowest BCUT2D eigenvalue weighted by molar-refractivity contribution is -0.169. The van der Waals surface area contributed by atoms with Gasteiger partial charge >= 0.3 is 0 Å². The number of ether oxygens (including phenoxy) is 2. The first kappa shape index (κ1) is 26.6. The summed E-state index contributed by atoms with van der Waals surface area (Å²) in [7, 11) is 3.53. The van der Waals surface area contributed by atoms with E-state index in [1.165, 1.54) is 0 Å². The van der Waals surface area contributed by atoms with E-state index in [1.54, 1.807) is 12.0 Å². The number of benzene rings is 1. The number of aromatic nitrogens is 6. The summed E-state index contributed by atoms with van der Waals surface area (Å²) in [6, 6.07) is 7.98. The zero-order chi connectivity index (χ0) is 27.7. The minimum atomic E-state index is -0.793. The molecule has 12 heteroatoms. The fourth-order valence-electron chi connectivity index (χ4n) is 5.28. The Morgan fingerprint density at radius 2 is 1.85 bits per heavy atom. The van der Waals surface area contributed by atoms with Gasteiger partial charge in [0.05, 0.1) is 37.3 Å². The van der Waals surface area contributed by atoms with Gasteiger partial charge in [-0.25, -0.2) is 9.97 Å². The van der Waals surface area contributed by atoms with E-state index >= 15 is 0 Å². The average molecular weight is 533 g/mol. The maximum Gasteiger partial charge on any atom is 0.248 e. The summed E-state index contributed by atoms with van der Waals surface area (Å²) in [6.45, 7) is 4.74. The van der Waals surface area contributed by atoms with Gasteiger partial charge in [-0.1, -0.05) is 19.1 Å². The van der Waals surface area contributed by atoms with Crippen LogP contribution in [0.4, 0.5) is 5.82 Å². The number of imidazole rings is 2. The Hall–Kier alpha value is -4.05. The van der Waals surface area contributed by atoms with Crippen molar-refractivity contribution < 1.29 is 19.4 Å². The molecule has 6 rings (SSSR count). The molecule has 2 saturated heterocycles. The molecule has 5 heterocycles. The monoisotopic (exact) mass is 532 g/mol. The highest BCUT2D eigenvalue weighted by atomic mass is 16.5. The van der Waals surface area contributed by atoms with Gasteiger partial charge in [-0.3, -0.25) is 9.36 Å². The number of hydrogen-bond acceptors (Lipinski definition) is 9. The van der Waals surface area contributed by atoms with Crippen molar-refractivity contribution in [3.05, 3.63) is 35.9 Å². The smallest absolute Gasteiger partial charge is 0.248 e. The number of methoxy groups -OCH3 is 1. The minimum absolute atomic E-state index is 0.305. The number of carbonyl (C=O) groups excluding carboxylic acids is 1. The molecule has 0 radical (unpaired) electrons. The molecule has 1 N–H and O–H groups in total. The molecule has 12 nitrogen and oxygen atoms in total. The molecule has 1 aromatic carbocycles. The van der Waals surface area contributed by atoms with E-state index < -0.39 is 12.2 Å². The van der Waals surface area contributed by atoms with Crippen LogP contribution in [0, 0.1) is 12.8 Å². The van der Waals surface area contributed by atoms with Crippen LogP contribution in [0.5, 0.6) is 0 Å². The number of terminal acetylenes is 1. The molecule has 0 unspecified atom stereocenters. The molecule has 3 aromatic heterocycles. The summed E-state index contributed by atoms with van der Waals surface area (Å²) >= 11 is 0. The molecule has 4 aromatic rings. The second kappa shape index (κ2) is 10.6. The van der Waals surface area contributed by atoms with Crippen molar-refractivity contribution in [1.29, 1.82) is 0 Å². The van der Waals surface area contributed by atoms with Crippen LogP contribution in [0.15, 0.2) is 24.3 Å². The lowest BCUT2D eigenvalue weighted by atomic mass is 9.92. The van der Waals surface area contributed by atoms with Crippen molar-refractivity contribution in [2.24, 2.45) is 7.05 Å². The van der Waals surface area contributed by atoms with Gasteiger partial charge in [0.2, 0.25) is 11.9 Å². The van der Waals surface area contributed by atoms with Crippen LogP contribution in [0.3, 0.4) is 0 Å². The normalized spacial score (nSPS) is 16.7. The SMILES string of the molecule is C#C.CCc1nc2ccccc2n1-c1nc(N2CCOCC2)c2nc(C3(OC)CN(C(=O)CO)C3)n(C)c2n1. The van der Waals surface area contributed by atoms with Crippen LogP contribution in [-0.2, 0) is 33.3 Å². The molecule has 0 saturated carbocycles. The van der Waals surface area contributed by atoms with Gasteiger partial charge < -0.3 is 28.9 Å². The number of nitrogens with zero attached hydrogens (tertiary/aromatic N) is 8. The van der Waals surface area contributed by atoms with Gasteiger partial charge in [0.1, 0.15) is 18.3 Å². The summed E-state index contributed by atoms with van der Waals surface area (Å²) in [5.74, 6) is 2.48. The number of hydrogen-bond donors (Lipinski definition) is 1. The number of likely N-dealkylation sites (tertiary alicyclic amines) is 1. The Morgan fingerprint density at radius 1 is 1.13 bits per heavy atom. The number of aryl methyl sites for hydroxylation is 2. The lowest BCUT2D eigenvalue weighted by Gasteiger charge is -2.47. The molecule has 0 bridgehead atoms. The molecule has 2 aliphatic heterocycles. The van der Waals surface area contributed by atoms with Crippen molar-refractivity contribution in [3.8, 4) is 18.8 Å². The standard InChI is InChI=1S/C25H30N8O4.C2H2/c1-4-18-26-16-7-5-6-8-17(16)33(18)24-28-21-20(22(29-24)31-9-11-37-12-10-31)27-23(30(21)2)25(36-3)14-32(15-25)19(35)13-34;1-2/h5-8,34H,4,9-15H2,1-3H3;1-2H. The fraction of sp³-hybridized carbons (Fsp3) is 0.444. The molecule has 0 atom stereocenters. The first-order valence-corrected chi connectivity index (χ1v) is 12.8. The number of carbonyl (C=O) groups is 1.